The van der Waals surface area contributed by atoms with Crippen molar-refractivity contribution in [3.63, 3.8) is 0 Å². The highest BCUT2D eigenvalue weighted by atomic mass is 79.9. The van der Waals surface area contributed by atoms with Crippen LogP contribution in [0.5, 0.6) is 0 Å². The first-order valence-electron chi connectivity index (χ1n) is 10.4. The maximum absolute atomic E-state index is 13.2. The number of hydrogen-bond acceptors (Lipinski definition) is 6. The predicted molar refractivity (Wildman–Crippen MR) is 134 cm³/mol. The van der Waals surface area contributed by atoms with Gasteiger partial charge in [-0.3, -0.25) is 13.9 Å². The molecule has 3 rings (SSSR count). The van der Waals surface area contributed by atoms with Gasteiger partial charge in [-0.25, -0.2) is 8.42 Å². The first-order chi connectivity index (χ1) is 16.2. The molecule has 2 aromatic carbocycles. The molecule has 1 heterocycles. The Morgan fingerprint density at radius 1 is 1.03 bits per heavy atom. The lowest BCUT2D eigenvalue weighted by Crippen LogP contribution is -2.38. The van der Waals surface area contributed by atoms with Crippen LogP contribution in [0.1, 0.15) is 10.4 Å². The Bertz CT molecular complexity index is 1320. The normalized spacial score (nSPS) is 11.5. The fourth-order valence-corrected chi connectivity index (χ4v) is 4.84. The molecule has 9 nitrogen and oxygen atoms in total. The number of methoxy groups -OCH3 is 2. The fraction of sp³-hybridized carbons (Fsp3) is 0.304. The number of fused-ring (bicyclic) bond motifs is 1. The highest BCUT2D eigenvalue weighted by Gasteiger charge is 2.24. The second-order valence-electron chi connectivity index (χ2n) is 7.47. The van der Waals surface area contributed by atoms with Crippen LogP contribution in [0.4, 0.5) is 5.69 Å². The zero-order valence-electron chi connectivity index (χ0n) is 19.1. The van der Waals surface area contributed by atoms with E-state index < -0.39 is 21.4 Å². The monoisotopic (exact) mass is 551 g/mol. The Morgan fingerprint density at radius 3 is 2.24 bits per heavy atom. The first-order valence-corrected chi connectivity index (χ1v) is 12.6. The van der Waals surface area contributed by atoms with Crippen molar-refractivity contribution in [1.29, 1.82) is 0 Å². The first kappa shape index (κ1) is 25.9. The third kappa shape index (κ3) is 5.49. The number of pyridine rings is 1. The summed E-state index contributed by atoms with van der Waals surface area (Å²) < 4.78 is 38.6. The van der Waals surface area contributed by atoms with Gasteiger partial charge in [0.15, 0.2) is 0 Å². The lowest BCUT2D eigenvalue weighted by atomic mass is 10.1. The van der Waals surface area contributed by atoms with E-state index in [0.717, 1.165) is 8.78 Å². The van der Waals surface area contributed by atoms with Crippen molar-refractivity contribution < 1.29 is 22.7 Å². The van der Waals surface area contributed by atoms with E-state index >= 15 is 0 Å². The van der Waals surface area contributed by atoms with E-state index in [1.807, 2.05) is 0 Å². The summed E-state index contributed by atoms with van der Waals surface area (Å²) in [7, 11) is 0.537. The summed E-state index contributed by atoms with van der Waals surface area (Å²) in [5, 5.41) is 0.106. The number of halogens is 1. The summed E-state index contributed by atoms with van der Waals surface area (Å²) >= 11 is 3.33. The average Bonchev–Trinajstić information content (AvgIpc) is 2.84. The summed E-state index contributed by atoms with van der Waals surface area (Å²) in [4.78, 5) is 30.7. The molecule has 1 N–H and O–H groups in total. The molecule has 0 spiro atoms. The van der Waals surface area contributed by atoms with E-state index in [0.29, 0.717) is 24.4 Å². The van der Waals surface area contributed by atoms with Gasteiger partial charge in [0.05, 0.1) is 23.8 Å². The molecule has 0 saturated carbocycles. The molecular weight excluding hydrogens is 526 g/mol. The molecule has 11 heteroatoms. The van der Waals surface area contributed by atoms with Crippen molar-refractivity contribution in [2.24, 2.45) is 0 Å². The van der Waals surface area contributed by atoms with Crippen LogP contribution >= 0.6 is 15.9 Å². The van der Waals surface area contributed by atoms with Crippen molar-refractivity contribution in [2.45, 2.75) is 4.90 Å². The number of ether oxygens (including phenoxy) is 2. The van der Waals surface area contributed by atoms with Crippen LogP contribution in [0.25, 0.3) is 10.9 Å². The van der Waals surface area contributed by atoms with Crippen LogP contribution in [0.2, 0.25) is 0 Å². The number of aromatic amines is 1. The van der Waals surface area contributed by atoms with Crippen molar-refractivity contribution in [3.8, 4) is 0 Å². The zero-order valence-corrected chi connectivity index (χ0v) is 21.5. The molecule has 34 heavy (non-hydrogen) atoms. The van der Waals surface area contributed by atoms with Crippen LogP contribution in [0, 0.1) is 0 Å². The minimum absolute atomic E-state index is 0.0591. The van der Waals surface area contributed by atoms with Gasteiger partial charge in [0.2, 0.25) is 5.43 Å². The molecule has 182 valence electrons. The molecule has 1 amide bonds. The van der Waals surface area contributed by atoms with E-state index in [1.54, 1.807) is 24.3 Å². The minimum atomic E-state index is -3.95. The quantitative estimate of drug-likeness (QED) is 0.415. The number of rotatable bonds is 10. The topological polar surface area (TPSA) is 109 Å². The molecule has 0 fully saturated rings. The number of H-pyrrole nitrogens is 1. The van der Waals surface area contributed by atoms with Gasteiger partial charge in [-0.1, -0.05) is 15.9 Å². The number of amides is 1. The van der Waals surface area contributed by atoms with Crippen LogP contribution in [0.3, 0.4) is 0 Å². The van der Waals surface area contributed by atoms with Gasteiger partial charge < -0.3 is 19.4 Å². The fourth-order valence-electron chi connectivity index (χ4n) is 3.35. The van der Waals surface area contributed by atoms with Crippen LogP contribution in [-0.4, -0.2) is 71.8 Å². The Labute approximate surface area is 206 Å². The van der Waals surface area contributed by atoms with E-state index in [1.165, 1.54) is 50.6 Å². The van der Waals surface area contributed by atoms with Crippen LogP contribution in [-0.2, 0) is 19.5 Å². The summed E-state index contributed by atoms with van der Waals surface area (Å²) in [6.45, 7) is 1.16. The molecule has 0 unspecified atom stereocenters. The Morgan fingerprint density at radius 2 is 1.65 bits per heavy atom. The number of nitrogens with zero attached hydrogens (tertiary/aromatic N) is 2. The molecule has 1 aromatic heterocycles. The number of carbonyl (C=O) groups excluding carboxylic acids is 1. The van der Waals surface area contributed by atoms with E-state index in [4.69, 9.17) is 9.47 Å². The molecule has 0 radical (unpaired) electrons. The molecular formula is C23H26BrN3O6S. The van der Waals surface area contributed by atoms with Crippen molar-refractivity contribution >= 4 is 48.5 Å². The van der Waals surface area contributed by atoms with Crippen LogP contribution < -0.4 is 9.73 Å². The highest BCUT2D eigenvalue weighted by Crippen LogP contribution is 2.25. The largest absolute Gasteiger partial charge is 0.383 e. The molecule has 0 bridgehead atoms. The maximum atomic E-state index is 13.2. The van der Waals surface area contributed by atoms with Crippen LogP contribution in [0.15, 0.2) is 62.8 Å². The predicted octanol–water partition coefficient (Wildman–Crippen LogP) is 2.85. The van der Waals surface area contributed by atoms with Gasteiger partial charge in [0, 0.05) is 55.9 Å². The standard InChI is InChI=1S/C23H26BrN3O6S/c1-26(17-6-4-16(24)5-7-17)34(30,31)18-8-9-21-19(14-18)22(28)20(15-25-21)23(29)27(10-12-32-2)11-13-33-3/h4-9,14-15H,10-13H2,1-3H3,(H,25,28). The third-order valence-electron chi connectivity index (χ3n) is 5.35. The number of sulfonamides is 1. The van der Waals surface area contributed by atoms with Gasteiger partial charge in [-0.05, 0) is 42.5 Å². The minimum Gasteiger partial charge on any atom is -0.383 e. The van der Waals surface area contributed by atoms with Crippen molar-refractivity contribution in [2.75, 3.05) is 51.9 Å². The average molecular weight is 552 g/mol. The second kappa shape index (κ2) is 11.1. The number of aromatic nitrogens is 1. The summed E-state index contributed by atoms with van der Waals surface area (Å²) in [5.41, 5.74) is 0.248. The van der Waals surface area contributed by atoms with Gasteiger partial charge in [-0.15, -0.1) is 0 Å². The molecule has 0 aliphatic heterocycles. The van der Waals surface area contributed by atoms with Gasteiger partial charge >= 0.3 is 0 Å². The smallest absolute Gasteiger partial charge is 0.264 e. The molecule has 0 aliphatic rings. The summed E-state index contributed by atoms with van der Waals surface area (Å²) in [6.07, 6.45) is 1.35. The van der Waals surface area contributed by atoms with Gasteiger partial charge in [0.25, 0.3) is 15.9 Å². The van der Waals surface area contributed by atoms with E-state index in [2.05, 4.69) is 20.9 Å². The summed E-state index contributed by atoms with van der Waals surface area (Å²) in [5.74, 6) is -0.488. The van der Waals surface area contributed by atoms with E-state index in [9.17, 15) is 18.0 Å². The number of nitrogens with one attached hydrogen (secondary N) is 1. The SMILES string of the molecule is COCCN(CCOC)C(=O)c1c[nH]c2ccc(S(=O)(=O)N(C)c3ccc(Br)cc3)cc2c1=O. The molecule has 0 atom stereocenters. The Kier molecular flexibility index (Phi) is 8.47. The summed E-state index contributed by atoms with van der Waals surface area (Å²) in [6, 6.07) is 11.0. The maximum Gasteiger partial charge on any atom is 0.264 e. The van der Waals surface area contributed by atoms with Crippen molar-refractivity contribution in [1.82, 2.24) is 9.88 Å². The van der Waals surface area contributed by atoms with E-state index in [-0.39, 0.29) is 28.9 Å². The highest BCUT2D eigenvalue weighted by molar-refractivity contribution is 9.10. The second-order valence-corrected chi connectivity index (χ2v) is 10.4. The molecule has 0 aliphatic carbocycles. The molecule has 0 saturated heterocycles. The van der Waals surface area contributed by atoms with Gasteiger partial charge in [-0.2, -0.15) is 0 Å². The third-order valence-corrected chi connectivity index (χ3v) is 7.66. The lowest BCUT2D eigenvalue weighted by molar-refractivity contribution is 0.0626. The Balaban J connectivity index is 2.01. The number of anilines is 1. The number of carbonyl (C=O) groups is 1. The van der Waals surface area contributed by atoms with Crippen molar-refractivity contribution in [3.05, 3.63) is 68.9 Å². The molecule has 3 aromatic rings. The lowest BCUT2D eigenvalue weighted by Gasteiger charge is -2.22. The number of hydrogen-bond donors (Lipinski definition) is 1. The van der Waals surface area contributed by atoms with Gasteiger partial charge in [0.1, 0.15) is 5.56 Å². The Hall–Kier alpha value is -2.73. The number of benzene rings is 2. The zero-order chi connectivity index (χ0) is 24.9.